The minimum Gasteiger partial charge on any atom is -0.462 e. The van der Waals surface area contributed by atoms with Crippen LogP contribution in [0.1, 0.15) is 72.1 Å². The largest absolute Gasteiger partial charge is 0.462 e. The van der Waals surface area contributed by atoms with Gasteiger partial charge in [-0.1, -0.05) is 37.6 Å². The van der Waals surface area contributed by atoms with E-state index in [0.29, 0.717) is 10.8 Å². The van der Waals surface area contributed by atoms with Gasteiger partial charge >= 0.3 is 5.97 Å². The van der Waals surface area contributed by atoms with Gasteiger partial charge in [0.25, 0.3) is 0 Å². The van der Waals surface area contributed by atoms with Crippen LogP contribution >= 0.6 is 0 Å². The first-order chi connectivity index (χ1) is 11.3. The van der Waals surface area contributed by atoms with Crippen molar-refractivity contribution >= 4 is 5.97 Å². The van der Waals surface area contributed by atoms with Crippen LogP contribution in [-0.4, -0.2) is 12.1 Å². The van der Waals surface area contributed by atoms with Crippen LogP contribution in [0.25, 0.3) is 0 Å². The second-order valence-corrected chi connectivity index (χ2v) is 9.33. The highest BCUT2D eigenvalue weighted by molar-refractivity contribution is 5.66. The van der Waals surface area contributed by atoms with Crippen molar-refractivity contribution in [2.75, 3.05) is 0 Å². The van der Waals surface area contributed by atoms with E-state index in [4.69, 9.17) is 4.74 Å². The number of rotatable bonds is 1. The fourth-order valence-electron chi connectivity index (χ4n) is 6.87. The van der Waals surface area contributed by atoms with Crippen molar-refractivity contribution in [2.24, 2.45) is 28.6 Å². The molecule has 0 aliphatic heterocycles. The normalized spacial score (nSPS) is 47.3. The molecule has 0 aromatic rings. The minimum absolute atomic E-state index is 0.110. The van der Waals surface area contributed by atoms with Crippen molar-refractivity contribution in [1.82, 2.24) is 0 Å². The molecule has 0 aromatic carbocycles. The molecule has 0 spiro atoms. The van der Waals surface area contributed by atoms with E-state index in [9.17, 15) is 4.79 Å². The molecule has 0 heterocycles. The molecule has 132 valence electrons. The van der Waals surface area contributed by atoms with Gasteiger partial charge in [-0.2, -0.15) is 0 Å². The van der Waals surface area contributed by atoms with Crippen molar-refractivity contribution < 1.29 is 9.53 Å². The summed E-state index contributed by atoms with van der Waals surface area (Å²) in [5, 5.41) is 0. The first-order valence-electron chi connectivity index (χ1n) is 9.89. The summed E-state index contributed by atoms with van der Waals surface area (Å²) < 4.78 is 5.53. The van der Waals surface area contributed by atoms with Crippen LogP contribution < -0.4 is 0 Å². The van der Waals surface area contributed by atoms with Crippen LogP contribution in [0, 0.1) is 28.6 Å². The Morgan fingerprint density at radius 2 is 1.88 bits per heavy atom. The van der Waals surface area contributed by atoms with Crippen molar-refractivity contribution in [1.29, 1.82) is 0 Å². The van der Waals surface area contributed by atoms with Crippen molar-refractivity contribution in [3.8, 4) is 0 Å². The van der Waals surface area contributed by atoms with Crippen LogP contribution in [0.4, 0.5) is 0 Å². The first kappa shape index (κ1) is 16.4. The Balaban J connectivity index is 1.60. The predicted molar refractivity (Wildman–Crippen MR) is 96.4 cm³/mol. The number of fused-ring (bicyclic) bond motifs is 5. The van der Waals surface area contributed by atoms with Crippen molar-refractivity contribution in [3.05, 3.63) is 23.8 Å². The van der Waals surface area contributed by atoms with Crippen LogP contribution in [0.3, 0.4) is 0 Å². The Kier molecular flexibility index (Phi) is 3.75. The third-order valence-corrected chi connectivity index (χ3v) is 8.35. The van der Waals surface area contributed by atoms with Gasteiger partial charge in [0, 0.05) is 13.3 Å². The molecular weight excluding hydrogens is 296 g/mol. The molecule has 24 heavy (non-hydrogen) atoms. The number of allylic oxidation sites excluding steroid dienone is 2. The maximum Gasteiger partial charge on any atom is 0.302 e. The van der Waals surface area contributed by atoms with Crippen LogP contribution in [0.2, 0.25) is 0 Å². The molecule has 0 N–H and O–H groups in total. The summed E-state index contributed by atoms with van der Waals surface area (Å²) in [5.74, 6) is 2.36. The molecule has 2 heteroatoms. The van der Waals surface area contributed by atoms with Gasteiger partial charge in [0.1, 0.15) is 6.10 Å². The smallest absolute Gasteiger partial charge is 0.302 e. The number of hydrogen-bond donors (Lipinski definition) is 0. The summed E-state index contributed by atoms with van der Waals surface area (Å²) in [7, 11) is 0. The topological polar surface area (TPSA) is 26.3 Å². The lowest BCUT2D eigenvalue weighted by molar-refractivity contribution is -0.148. The van der Waals surface area contributed by atoms with E-state index in [2.05, 4.69) is 26.5 Å². The standard InChI is InChI=1S/C22H32O2/c1-14-5-8-19-18-7-6-16-13-17(24-15(2)23)9-11-22(16,4)20(18)10-12-21(14,19)3/h6,17-20H,1,5,7-13H2,2-4H3/t17-,18-,19-,20-,21-,22+/m1/s1. The van der Waals surface area contributed by atoms with Gasteiger partial charge < -0.3 is 4.74 Å². The van der Waals surface area contributed by atoms with E-state index in [1.165, 1.54) is 51.0 Å². The minimum atomic E-state index is -0.129. The molecule has 2 nitrogen and oxygen atoms in total. The Bertz CT molecular complexity index is 603. The molecule has 3 fully saturated rings. The summed E-state index contributed by atoms with van der Waals surface area (Å²) in [4.78, 5) is 11.3. The molecule has 4 aliphatic rings. The number of hydrogen-bond acceptors (Lipinski definition) is 2. The van der Waals surface area contributed by atoms with Gasteiger partial charge in [0.15, 0.2) is 0 Å². The van der Waals surface area contributed by atoms with Gasteiger partial charge in [0.2, 0.25) is 0 Å². The van der Waals surface area contributed by atoms with E-state index in [1.54, 1.807) is 5.57 Å². The molecule has 0 saturated heterocycles. The molecular formula is C22H32O2. The molecule has 0 unspecified atom stereocenters. The zero-order valence-corrected chi connectivity index (χ0v) is 15.6. The number of ether oxygens (including phenoxy) is 1. The Morgan fingerprint density at radius 3 is 2.62 bits per heavy atom. The summed E-state index contributed by atoms with van der Waals surface area (Å²) in [6, 6.07) is 0. The van der Waals surface area contributed by atoms with E-state index in [-0.39, 0.29) is 12.1 Å². The first-order valence-corrected chi connectivity index (χ1v) is 9.89. The third-order valence-electron chi connectivity index (χ3n) is 8.35. The number of carbonyl (C=O) groups excluding carboxylic acids is 1. The maximum atomic E-state index is 11.3. The lowest BCUT2D eigenvalue weighted by Gasteiger charge is -2.57. The van der Waals surface area contributed by atoms with E-state index in [0.717, 1.165) is 30.6 Å². The van der Waals surface area contributed by atoms with Crippen molar-refractivity contribution in [2.45, 2.75) is 78.2 Å². The van der Waals surface area contributed by atoms with E-state index < -0.39 is 0 Å². The van der Waals surface area contributed by atoms with Gasteiger partial charge in [-0.15, -0.1) is 0 Å². The molecule has 4 rings (SSSR count). The Labute approximate surface area is 146 Å². The monoisotopic (exact) mass is 328 g/mol. The summed E-state index contributed by atoms with van der Waals surface area (Å²) in [6.07, 6.45) is 12.3. The highest BCUT2D eigenvalue weighted by Crippen LogP contribution is 2.65. The zero-order valence-electron chi connectivity index (χ0n) is 15.6. The van der Waals surface area contributed by atoms with E-state index >= 15 is 0 Å². The second kappa shape index (κ2) is 5.47. The molecule has 0 radical (unpaired) electrons. The van der Waals surface area contributed by atoms with Crippen LogP contribution in [0.15, 0.2) is 23.8 Å². The molecule has 0 aromatic heterocycles. The average Bonchev–Trinajstić information content (AvgIpc) is 2.83. The molecule has 0 bridgehead atoms. The molecule has 3 saturated carbocycles. The quantitative estimate of drug-likeness (QED) is 0.473. The Hall–Kier alpha value is -1.05. The fourth-order valence-corrected chi connectivity index (χ4v) is 6.87. The summed E-state index contributed by atoms with van der Waals surface area (Å²) in [5.41, 5.74) is 3.84. The highest BCUT2D eigenvalue weighted by atomic mass is 16.5. The van der Waals surface area contributed by atoms with E-state index in [1.807, 2.05) is 0 Å². The summed E-state index contributed by atoms with van der Waals surface area (Å²) in [6.45, 7) is 11.0. The third kappa shape index (κ3) is 2.24. The van der Waals surface area contributed by atoms with Crippen LogP contribution in [-0.2, 0) is 9.53 Å². The molecule has 6 atom stereocenters. The Morgan fingerprint density at radius 1 is 1.17 bits per heavy atom. The maximum absolute atomic E-state index is 11.3. The predicted octanol–water partition coefficient (Wildman–Crippen LogP) is 5.44. The SMILES string of the molecule is C=C1CC[C@@H]2[C@H]3CC=C4C[C@H](OC(C)=O)CC[C@]4(C)[C@@H]3CC[C@]12C. The van der Waals surface area contributed by atoms with Crippen molar-refractivity contribution in [3.63, 3.8) is 0 Å². The molecule has 0 amide bonds. The number of carbonyl (C=O) groups is 1. The lowest BCUT2D eigenvalue weighted by atomic mass is 9.48. The van der Waals surface area contributed by atoms with Crippen LogP contribution in [0.5, 0.6) is 0 Å². The van der Waals surface area contributed by atoms with Gasteiger partial charge in [-0.05, 0) is 73.5 Å². The fraction of sp³-hybridized carbons (Fsp3) is 0.773. The highest BCUT2D eigenvalue weighted by Gasteiger charge is 2.56. The van der Waals surface area contributed by atoms with Gasteiger partial charge in [-0.25, -0.2) is 0 Å². The summed E-state index contributed by atoms with van der Waals surface area (Å²) >= 11 is 0. The zero-order chi connectivity index (χ0) is 17.1. The second-order valence-electron chi connectivity index (χ2n) is 9.33. The van der Waals surface area contributed by atoms with Gasteiger partial charge in [-0.3, -0.25) is 4.79 Å². The lowest BCUT2D eigenvalue weighted by Crippen LogP contribution is -2.49. The number of esters is 1. The van der Waals surface area contributed by atoms with Gasteiger partial charge in [0.05, 0.1) is 0 Å². The molecule has 4 aliphatic carbocycles. The average molecular weight is 328 g/mol.